The Morgan fingerprint density at radius 3 is 2.38 bits per heavy atom. The quantitative estimate of drug-likeness (QED) is 0.704. The van der Waals surface area contributed by atoms with Crippen molar-refractivity contribution in [1.29, 1.82) is 0 Å². The number of hydrogen-bond donors (Lipinski definition) is 1. The normalized spacial score (nSPS) is 35.8. The Hall–Kier alpha value is -0.120. The fourth-order valence-corrected chi connectivity index (χ4v) is 1.79. The zero-order chi connectivity index (χ0) is 10.1. The summed E-state index contributed by atoms with van der Waals surface area (Å²) >= 11 is 0. The lowest BCUT2D eigenvalue weighted by Gasteiger charge is -2.46. The van der Waals surface area contributed by atoms with Crippen LogP contribution in [-0.2, 0) is 9.47 Å². The van der Waals surface area contributed by atoms with Crippen LogP contribution in [0.3, 0.4) is 0 Å². The average molecular weight is 187 g/mol. The van der Waals surface area contributed by atoms with E-state index in [-0.39, 0.29) is 17.3 Å². The minimum Gasteiger partial charge on any atom is -0.379 e. The molecule has 3 nitrogen and oxygen atoms in total. The maximum Gasteiger partial charge on any atom is 0.104 e. The van der Waals surface area contributed by atoms with Crippen molar-refractivity contribution in [3.05, 3.63) is 0 Å². The monoisotopic (exact) mass is 187 g/mol. The van der Waals surface area contributed by atoms with Gasteiger partial charge in [-0.2, -0.15) is 0 Å². The van der Waals surface area contributed by atoms with Crippen LogP contribution in [0, 0.1) is 0 Å². The van der Waals surface area contributed by atoms with Gasteiger partial charge in [0.1, 0.15) is 5.60 Å². The molecular formula is C10H21NO2. The molecule has 1 rings (SSSR count). The van der Waals surface area contributed by atoms with Crippen LogP contribution in [0.25, 0.3) is 0 Å². The Morgan fingerprint density at radius 2 is 1.92 bits per heavy atom. The fraction of sp³-hybridized carbons (Fsp3) is 1.00. The highest BCUT2D eigenvalue weighted by Crippen LogP contribution is 2.27. The highest BCUT2D eigenvalue weighted by molar-refractivity contribution is 4.93. The molecule has 0 radical (unpaired) electrons. The molecule has 1 N–H and O–H groups in total. The zero-order valence-electron chi connectivity index (χ0n) is 9.31. The molecule has 0 saturated carbocycles. The first-order chi connectivity index (χ1) is 5.90. The lowest BCUT2D eigenvalue weighted by atomic mass is 9.94. The van der Waals surface area contributed by atoms with E-state index in [4.69, 9.17) is 9.47 Å². The lowest BCUT2D eigenvalue weighted by Crippen LogP contribution is -2.61. The van der Waals surface area contributed by atoms with Crippen molar-refractivity contribution >= 4 is 0 Å². The van der Waals surface area contributed by atoms with Gasteiger partial charge in [-0.25, -0.2) is 0 Å². The maximum absolute atomic E-state index is 6.03. The molecule has 0 bridgehead atoms. The molecular weight excluding hydrogens is 166 g/mol. The summed E-state index contributed by atoms with van der Waals surface area (Å²) in [4.78, 5) is 0. The fourth-order valence-electron chi connectivity index (χ4n) is 1.79. The van der Waals surface area contributed by atoms with Crippen molar-refractivity contribution < 1.29 is 9.47 Å². The average Bonchev–Trinajstić information content (AvgIpc) is 2.00. The smallest absolute Gasteiger partial charge is 0.104 e. The molecule has 0 amide bonds. The van der Waals surface area contributed by atoms with Crippen molar-refractivity contribution in [3.63, 3.8) is 0 Å². The molecule has 1 saturated heterocycles. The number of nitrogens with one attached hydrogen (secondary N) is 1. The Labute approximate surface area is 80.8 Å². The minimum atomic E-state index is -0.212. The highest BCUT2D eigenvalue weighted by Gasteiger charge is 2.41. The van der Waals surface area contributed by atoms with Crippen LogP contribution in [0.4, 0.5) is 0 Å². The summed E-state index contributed by atoms with van der Waals surface area (Å²) in [5, 5.41) is 3.38. The third kappa shape index (κ3) is 2.42. The first kappa shape index (κ1) is 11.0. The summed E-state index contributed by atoms with van der Waals surface area (Å²) in [5.74, 6) is 0. The van der Waals surface area contributed by atoms with Gasteiger partial charge in [0, 0.05) is 20.2 Å². The van der Waals surface area contributed by atoms with Gasteiger partial charge in [-0.05, 0) is 27.7 Å². The molecule has 2 unspecified atom stereocenters. The zero-order valence-corrected chi connectivity index (χ0v) is 9.31. The number of hydrogen-bond acceptors (Lipinski definition) is 3. The van der Waals surface area contributed by atoms with E-state index < -0.39 is 0 Å². The Bertz CT molecular complexity index is 182. The van der Waals surface area contributed by atoms with Crippen molar-refractivity contribution in [2.45, 2.75) is 45.0 Å². The van der Waals surface area contributed by atoms with Gasteiger partial charge in [-0.3, -0.25) is 0 Å². The summed E-state index contributed by atoms with van der Waals surface area (Å²) in [6.45, 7) is 10.1. The van der Waals surface area contributed by atoms with Gasteiger partial charge in [0.2, 0.25) is 0 Å². The van der Waals surface area contributed by atoms with Crippen LogP contribution in [0.5, 0.6) is 0 Å². The first-order valence-electron chi connectivity index (χ1n) is 4.83. The standard InChI is InChI=1S/C10H21NO2/c1-8(12-5)10(4)7-11-6-9(2,3)13-10/h8,11H,6-7H2,1-5H3. The minimum absolute atomic E-state index is 0.0974. The van der Waals surface area contributed by atoms with E-state index >= 15 is 0 Å². The Balaban J connectivity index is 2.68. The van der Waals surface area contributed by atoms with Crippen LogP contribution < -0.4 is 5.32 Å². The van der Waals surface area contributed by atoms with Gasteiger partial charge >= 0.3 is 0 Å². The SMILES string of the molecule is COC(C)C1(C)CNCC(C)(C)O1. The molecule has 1 aliphatic rings. The number of morpholine rings is 1. The van der Waals surface area contributed by atoms with Gasteiger partial charge in [0.05, 0.1) is 11.7 Å². The molecule has 0 aromatic carbocycles. The van der Waals surface area contributed by atoms with Crippen LogP contribution in [0.2, 0.25) is 0 Å². The largest absolute Gasteiger partial charge is 0.379 e. The second kappa shape index (κ2) is 3.56. The van der Waals surface area contributed by atoms with Crippen LogP contribution in [-0.4, -0.2) is 37.5 Å². The van der Waals surface area contributed by atoms with E-state index in [0.29, 0.717) is 0 Å². The third-order valence-corrected chi connectivity index (χ3v) is 2.75. The molecule has 1 aliphatic heterocycles. The van der Waals surface area contributed by atoms with Gasteiger partial charge in [-0.1, -0.05) is 0 Å². The summed E-state index contributed by atoms with van der Waals surface area (Å²) < 4.78 is 11.3. The molecule has 0 aromatic heterocycles. The van der Waals surface area contributed by atoms with Crippen molar-refractivity contribution in [3.8, 4) is 0 Å². The molecule has 78 valence electrons. The van der Waals surface area contributed by atoms with E-state index in [1.165, 1.54) is 0 Å². The summed E-state index contributed by atoms with van der Waals surface area (Å²) in [5.41, 5.74) is -0.309. The molecule has 1 fully saturated rings. The summed E-state index contributed by atoms with van der Waals surface area (Å²) in [6, 6.07) is 0. The molecule has 0 spiro atoms. The molecule has 0 aliphatic carbocycles. The second-order valence-electron chi connectivity index (χ2n) is 4.66. The second-order valence-corrected chi connectivity index (χ2v) is 4.66. The van der Waals surface area contributed by atoms with E-state index in [0.717, 1.165) is 13.1 Å². The molecule has 0 aromatic rings. The van der Waals surface area contributed by atoms with Crippen LogP contribution >= 0.6 is 0 Å². The maximum atomic E-state index is 6.03. The molecule has 3 heteroatoms. The van der Waals surface area contributed by atoms with E-state index in [1.54, 1.807) is 7.11 Å². The molecule has 2 atom stereocenters. The van der Waals surface area contributed by atoms with Gasteiger partial charge in [0.25, 0.3) is 0 Å². The van der Waals surface area contributed by atoms with Crippen LogP contribution in [0.1, 0.15) is 27.7 Å². The van der Waals surface area contributed by atoms with Crippen molar-refractivity contribution in [2.24, 2.45) is 0 Å². The molecule has 1 heterocycles. The Morgan fingerprint density at radius 1 is 1.31 bits per heavy atom. The summed E-state index contributed by atoms with van der Waals surface area (Å²) in [7, 11) is 1.72. The van der Waals surface area contributed by atoms with E-state index in [2.05, 4.69) is 26.1 Å². The first-order valence-corrected chi connectivity index (χ1v) is 4.83. The number of ether oxygens (including phenoxy) is 2. The predicted molar refractivity (Wildman–Crippen MR) is 52.9 cm³/mol. The lowest BCUT2D eigenvalue weighted by molar-refractivity contribution is -0.198. The number of methoxy groups -OCH3 is 1. The van der Waals surface area contributed by atoms with Crippen molar-refractivity contribution in [1.82, 2.24) is 5.32 Å². The van der Waals surface area contributed by atoms with E-state index in [9.17, 15) is 0 Å². The molecule has 13 heavy (non-hydrogen) atoms. The van der Waals surface area contributed by atoms with Gasteiger partial charge in [0.15, 0.2) is 0 Å². The Kier molecular flexibility index (Phi) is 3.00. The van der Waals surface area contributed by atoms with Crippen LogP contribution in [0.15, 0.2) is 0 Å². The summed E-state index contributed by atoms with van der Waals surface area (Å²) in [6.07, 6.45) is 0.111. The number of rotatable bonds is 2. The van der Waals surface area contributed by atoms with Gasteiger partial charge < -0.3 is 14.8 Å². The topological polar surface area (TPSA) is 30.5 Å². The third-order valence-electron chi connectivity index (χ3n) is 2.75. The van der Waals surface area contributed by atoms with Crippen molar-refractivity contribution in [2.75, 3.05) is 20.2 Å². The van der Waals surface area contributed by atoms with Gasteiger partial charge in [-0.15, -0.1) is 0 Å². The highest BCUT2D eigenvalue weighted by atomic mass is 16.6. The van der Waals surface area contributed by atoms with E-state index in [1.807, 2.05) is 6.92 Å². The predicted octanol–water partition coefficient (Wildman–Crippen LogP) is 1.18.